The Morgan fingerprint density at radius 1 is 1.82 bits per heavy atom. The first-order chi connectivity index (χ1) is 5.15. The largest absolute Gasteiger partial charge is 0.373 e. The van der Waals surface area contributed by atoms with E-state index in [0.717, 1.165) is 9.35 Å². The zero-order valence-electron chi connectivity index (χ0n) is 5.84. The summed E-state index contributed by atoms with van der Waals surface area (Å²) in [6.45, 7) is 1.93. The molecule has 0 saturated carbocycles. The quantitative estimate of drug-likeness (QED) is 0.755. The van der Waals surface area contributed by atoms with E-state index in [0.29, 0.717) is 4.88 Å². The van der Waals surface area contributed by atoms with Gasteiger partial charge in [0, 0.05) is 14.2 Å². The van der Waals surface area contributed by atoms with E-state index in [1.165, 1.54) is 11.3 Å². The number of aliphatic hydroxyl groups excluding tert-OH is 1. The van der Waals surface area contributed by atoms with E-state index in [4.69, 9.17) is 10.4 Å². The van der Waals surface area contributed by atoms with E-state index in [9.17, 15) is 0 Å². The Bertz CT molecular complexity index is 282. The number of hydrogen-bond acceptors (Lipinski definition) is 3. The second-order valence-corrected chi connectivity index (χ2v) is 4.23. The summed E-state index contributed by atoms with van der Waals surface area (Å²) >= 11 is 4.73. The lowest BCUT2D eigenvalue weighted by Gasteiger charge is -1.92. The molecule has 1 aromatic rings. The molecule has 1 N–H and O–H groups in total. The third-order valence-corrected chi connectivity index (χ3v) is 3.46. The lowest BCUT2D eigenvalue weighted by Crippen LogP contribution is -1.86. The highest BCUT2D eigenvalue weighted by molar-refractivity contribution is 9.10. The van der Waals surface area contributed by atoms with E-state index >= 15 is 0 Å². The highest BCUT2D eigenvalue weighted by Crippen LogP contribution is 2.29. The molecule has 1 aromatic heterocycles. The minimum absolute atomic E-state index is 0.692. The third-order valence-electron chi connectivity index (χ3n) is 1.27. The van der Waals surface area contributed by atoms with Crippen LogP contribution in [0.2, 0.25) is 0 Å². The predicted molar refractivity (Wildman–Crippen MR) is 47.3 cm³/mol. The minimum Gasteiger partial charge on any atom is -0.373 e. The van der Waals surface area contributed by atoms with Crippen molar-refractivity contribution in [1.82, 2.24) is 0 Å². The molecule has 1 rings (SSSR count). The predicted octanol–water partition coefficient (Wildman–Crippen LogP) is 2.38. The second kappa shape index (κ2) is 3.35. The van der Waals surface area contributed by atoms with Gasteiger partial charge in [0.2, 0.25) is 0 Å². The number of aliphatic hydroxyl groups is 1. The van der Waals surface area contributed by atoms with E-state index in [2.05, 4.69) is 15.9 Å². The second-order valence-electron chi connectivity index (χ2n) is 2.08. The van der Waals surface area contributed by atoms with Crippen molar-refractivity contribution >= 4 is 27.3 Å². The summed E-state index contributed by atoms with van der Waals surface area (Å²) in [6, 6.07) is 3.54. The van der Waals surface area contributed by atoms with Gasteiger partial charge in [0.25, 0.3) is 0 Å². The van der Waals surface area contributed by atoms with E-state index in [1.807, 2.05) is 6.92 Å². The van der Waals surface area contributed by atoms with Crippen LogP contribution in [0.5, 0.6) is 0 Å². The van der Waals surface area contributed by atoms with Crippen LogP contribution in [0.25, 0.3) is 0 Å². The maximum absolute atomic E-state index is 9.10. The van der Waals surface area contributed by atoms with Gasteiger partial charge in [-0.3, -0.25) is 0 Å². The monoisotopic (exact) mass is 231 g/mol. The lowest BCUT2D eigenvalue weighted by molar-refractivity contribution is 0.240. The first kappa shape index (κ1) is 8.72. The van der Waals surface area contributed by atoms with E-state index in [-0.39, 0.29) is 0 Å². The molecule has 0 spiro atoms. The van der Waals surface area contributed by atoms with Gasteiger partial charge >= 0.3 is 0 Å². The van der Waals surface area contributed by atoms with Crippen molar-refractivity contribution in [3.8, 4) is 6.07 Å². The SMILES string of the molecule is Cc1sc(C(O)C#N)cc1Br. The Hall–Kier alpha value is -0.370. The number of nitriles is 1. The van der Waals surface area contributed by atoms with Crippen LogP contribution in [0.15, 0.2) is 10.5 Å². The topological polar surface area (TPSA) is 44.0 Å². The van der Waals surface area contributed by atoms with E-state index < -0.39 is 6.10 Å². The van der Waals surface area contributed by atoms with Crippen molar-refractivity contribution < 1.29 is 5.11 Å². The molecule has 1 atom stereocenters. The fourth-order valence-electron chi connectivity index (χ4n) is 0.680. The van der Waals surface area contributed by atoms with Crippen molar-refractivity contribution in [2.45, 2.75) is 13.0 Å². The molecule has 1 heterocycles. The van der Waals surface area contributed by atoms with Gasteiger partial charge in [-0.15, -0.1) is 11.3 Å². The van der Waals surface area contributed by atoms with Gasteiger partial charge in [-0.05, 0) is 28.9 Å². The average Bonchev–Trinajstić information content (AvgIpc) is 2.31. The van der Waals surface area contributed by atoms with E-state index in [1.54, 1.807) is 12.1 Å². The minimum atomic E-state index is -0.981. The lowest BCUT2D eigenvalue weighted by atomic mass is 10.3. The molecule has 0 aliphatic carbocycles. The first-order valence-corrected chi connectivity index (χ1v) is 4.59. The third kappa shape index (κ3) is 1.80. The van der Waals surface area contributed by atoms with Crippen molar-refractivity contribution in [2.75, 3.05) is 0 Å². The fraction of sp³-hybridized carbons (Fsp3) is 0.286. The molecule has 11 heavy (non-hydrogen) atoms. The molecular formula is C7H6BrNOS. The number of thiophene rings is 1. The Kier molecular flexibility index (Phi) is 2.66. The highest BCUT2D eigenvalue weighted by Gasteiger charge is 2.10. The summed E-state index contributed by atoms with van der Waals surface area (Å²) in [5.41, 5.74) is 0. The molecule has 0 aliphatic heterocycles. The van der Waals surface area contributed by atoms with Crippen LogP contribution in [0.3, 0.4) is 0 Å². The smallest absolute Gasteiger partial charge is 0.175 e. The molecule has 2 nitrogen and oxygen atoms in total. The van der Waals surface area contributed by atoms with Gasteiger partial charge in [-0.1, -0.05) is 0 Å². The molecule has 0 aromatic carbocycles. The first-order valence-electron chi connectivity index (χ1n) is 2.98. The number of aryl methyl sites for hydroxylation is 1. The van der Waals surface area contributed by atoms with Crippen LogP contribution >= 0.6 is 27.3 Å². The average molecular weight is 232 g/mol. The van der Waals surface area contributed by atoms with Crippen molar-refractivity contribution in [2.24, 2.45) is 0 Å². The molecule has 0 saturated heterocycles. The van der Waals surface area contributed by atoms with Crippen molar-refractivity contribution in [1.29, 1.82) is 5.26 Å². The molecule has 58 valence electrons. The fourth-order valence-corrected chi connectivity index (χ4v) is 2.17. The Labute approximate surface area is 77.2 Å². The van der Waals surface area contributed by atoms with Crippen molar-refractivity contribution in [3.05, 3.63) is 20.3 Å². The van der Waals surface area contributed by atoms with Crippen LogP contribution in [0.4, 0.5) is 0 Å². The summed E-state index contributed by atoms with van der Waals surface area (Å²) in [6.07, 6.45) is -0.981. The number of rotatable bonds is 1. The maximum atomic E-state index is 9.10. The number of nitrogens with zero attached hydrogens (tertiary/aromatic N) is 1. The molecule has 0 aliphatic rings. The summed E-state index contributed by atoms with van der Waals surface area (Å²) < 4.78 is 0.951. The molecule has 1 unspecified atom stereocenters. The molecular weight excluding hydrogens is 226 g/mol. The van der Waals surface area contributed by atoms with Crippen LogP contribution in [-0.4, -0.2) is 5.11 Å². The number of hydrogen-bond donors (Lipinski definition) is 1. The van der Waals surface area contributed by atoms with Crippen LogP contribution in [0, 0.1) is 18.3 Å². The van der Waals surface area contributed by atoms with Crippen LogP contribution in [-0.2, 0) is 0 Å². The zero-order chi connectivity index (χ0) is 8.43. The highest BCUT2D eigenvalue weighted by atomic mass is 79.9. The van der Waals surface area contributed by atoms with Gasteiger partial charge in [-0.2, -0.15) is 5.26 Å². The van der Waals surface area contributed by atoms with Gasteiger partial charge in [0.05, 0.1) is 6.07 Å². The Morgan fingerprint density at radius 3 is 2.82 bits per heavy atom. The summed E-state index contributed by atoms with van der Waals surface area (Å²) in [5, 5.41) is 17.5. The zero-order valence-corrected chi connectivity index (χ0v) is 8.24. The van der Waals surface area contributed by atoms with Gasteiger partial charge in [0.15, 0.2) is 6.10 Å². The van der Waals surface area contributed by atoms with Gasteiger partial charge in [0.1, 0.15) is 0 Å². The van der Waals surface area contributed by atoms with Crippen LogP contribution < -0.4 is 0 Å². The maximum Gasteiger partial charge on any atom is 0.175 e. The van der Waals surface area contributed by atoms with Crippen molar-refractivity contribution in [3.63, 3.8) is 0 Å². The van der Waals surface area contributed by atoms with Gasteiger partial charge < -0.3 is 5.11 Å². The summed E-state index contributed by atoms with van der Waals surface area (Å²) in [5.74, 6) is 0. The molecule has 0 amide bonds. The Morgan fingerprint density at radius 2 is 2.45 bits per heavy atom. The molecule has 0 fully saturated rings. The standard InChI is InChI=1S/C7H6BrNOS/c1-4-5(8)2-7(11-4)6(10)3-9/h2,6,10H,1H3. The number of halogens is 1. The van der Waals surface area contributed by atoms with Crippen LogP contribution in [0.1, 0.15) is 15.9 Å². The summed E-state index contributed by atoms with van der Waals surface area (Å²) in [7, 11) is 0. The normalized spacial score (nSPS) is 12.5. The Balaban J connectivity index is 2.99. The molecule has 0 bridgehead atoms. The van der Waals surface area contributed by atoms with Gasteiger partial charge in [-0.25, -0.2) is 0 Å². The summed E-state index contributed by atoms with van der Waals surface area (Å²) in [4.78, 5) is 1.77. The molecule has 4 heteroatoms. The molecule has 0 radical (unpaired) electrons.